The van der Waals surface area contributed by atoms with E-state index >= 15 is 0 Å². The predicted molar refractivity (Wildman–Crippen MR) is 148 cm³/mol. The molecule has 0 aromatic heterocycles. The fraction of sp³-hybridized carbons (Fsp3) is 0.545. The van der Waals surface area contributed by atoms with Crippen molar-refractivity contribution in [3.63, 3.8) is 0 Å². The minimum atomic E-state index is -0.724. The van der Waals surface area contributed by atoms with Gasteiger partial charge in [-0.25, -0.2) is 0 Å². The lowest BCUT2D eigenvalue weighted by Gasteiger charge is -2.57. The van der Waals surface area contributed by atoms with Gasteiger partial charge in [0.15, 0.2) is 0 Å². The number of ether oxygens (including phenoxy) is 4. The number of carbonyl (C=O) groups is 1. The molecule has 2 aromatic rings. The summed E-state index contributed by atoms with van der Waals surface area (Å²) >= 11 is 0. The molecule has 1 heterocycles. The van der Waals surface area contributed by atoms with Crippen LogP contribution in [0.15, 0.2) is 42.5 Å². The van der Waals surface area contributed by atoms with Crippen LogP contribution in [0.2, 0.25) is 0 Å². The number of nitrogens with zero attached hydrogens (tertiary/aromatic N) is 1. The topological polar surface area (TPSA) is 57.2 Å². The van der Waals surface area contributed by atoms with E-state index in [9.17, 15) is 4.79 Å². The molecule has 206 valence electrons. The van der Waals surface area contributed by atoms with Crippen molar-refractivity contribution >= 4 is 5.91 Å². The van der Waals surface area contributed by atoms with Crippen LogP contribution in [0, 0.1) is 29.6 Å². The van der Waals surface area contributed by atoms with Crippen molar-refractivity contribution in [2.24, 2.45) is 17.8 Å². The smallest absolute Gasteiger partial charge is 0.315 e. The second-order valence-corrected chi connectivity index (χ2v) is 11.7. The maximum absolute atomic E-state index is 12.8. The summed E-state index contributed by atoms with van der Waals surface area (Å²) in [6.07, 6.45) is 7.86. The Morgan fingerprint density at radius 1 is 0.974 bits per heavy atom. The fourth-order valence-electron chi connectivity index (χ4n) is 7.74. The zero-order chi connectivity index (χ0) is 26.8. The lowest BCUT2D eigenvalue weighted by molar-refractivity contribution is -0.231. The Bertz CT molecular complexity index is 1200. The summed E-state index contributed by atoms with van der Waals surface area (Å²) in [7, 11) is 1.62. The molecule has 0 radical (unpaired) electrons. The third kappa shape index (κ3) is 5.59. The molecule has 2 aromatic carbocycles. The van der Waals surface area contributed by atoms with Crippen LogP contribution < -0.4 is 4.74 Å². The van der Waals surface area contributed by atoms with Crippen LogP contribution in [0.4, 0.5) is 0 Å². The summed E-state index contributed by atoms with van der Waals surface area (Å²) in [5.74, 6) is 10.1. The van der Waals surface area contributed by atoms with Gasteiger partial charge in [-0.05, 0) is 111 Å². The molecule has 1 saturated heterocycles. The largest absolute Gasteiger partial charge is 0.441 e. The van der Waals surface area contributed by atoms with Crippen molar-refractivity contribution in [1.29, 1.82) is 0 Å². The zero-order valence-corrected chi connectivity index (χ0v) is 23.1. The minimum absolute atomic E-state index is 0.0510. The second-order valence-electron chi connectivity index (χ2n) is 11.7. The number of rotatable bonds is 7. The molecule has 1 unspecified atom stereocenters. The van der Waals surface area contributed by atoms with E-state index in [4.69, 9.17) is 18.9 Å². The fourth-order valence-corrected chi connectivity index (χ4v) is 7.74. The number of amides is 1. The van der Waals surface area contributed by atoms with Gasteiger partial charge >= 0.3 is 6.48 Å². The Labute approximate surface area is 232 Å². The molecule has 0 N–H and O–H groups in total. The molecule has 1 amide bonds. The van der Waals surface area contributed by atoms with Gasteiger partial charge in [0, 0.05) is 42.5 Å². The Morgan fingerprint density at radius 3 is 2.21 bits per heavy atom. The highest BCUT2D eigenvalue weighted by molar-refractivity contribution is 5.94. The summed E-state index contributed by atoms with van der Waals surface area (Å²) in [5, 5.41) is 0. The lowest BCUT2D eigenvalue weighted by atomic mass is 9.48. The molecule has 0 spiro atoms. The molecule has 39 heavy (non-hydrogen) atoms. The van der Waals surface area contributed by atoms with Gasteiger partial charge in [0.1, 0.15) is 5.75 Å². The first-order valence-corrected chi connectivity index (χ1v) is 14.5. The molecule has 1 atom stereocenters. The van der Waals surface area contributed by atoms with Crippen LogP contribution in [0.3, 0.4) is 0 Å². The highest BCUT2D eigenvalue weighted by Gasteiger charge is 2.52. The molecular weight excluding hydrogens is 490 g/mol. The van der Waals surface area contributed by atoms with Crippen LogP contribution in [0.1, 0.15) is 72.5 Å². The zero-order valence-electron chi connectivity index (χ0n) is 23.1. The number of carbonyl (C=O) groups excluding carboxylic acids is 1. The van der Waals surface area contributed by atoms with E-state index in [-0.39, 0.29) is 11.3 Å². The molecule has 4 bridgehead atoms. The van der Waals surface area contributed by atoms with Gasteiger partial charge in [-0.3, -0.25) is 4.79 Å². The molecule has 4 saturated carbocycles. The van der Waals surface area contributed by atoms with Crippen LogP contribution in [-0.2, 0) is 19.6 Å². The summed E-state index contributed by atoms with van der Waals surface area (Å²) in [6, 6.07) is 13.9. The third-order valence-electron chi connectivity index (χ3n) is 9.09. The molecule has 4 aliphatic carbocycles. The van der Waals surface area contributed by atoms with Crippen molar-refractivity contribution in [2.75, 3.05) is 40.0 Å². The highest BCUT2D eigenvalue weighted by atomic mass is 16.8. The normalized spacial score (nSPS) is 28.1. The molecule has 1 aliphatic heterocycles. The average molecular weight is 530 g/mol. The first-order chi connectivity index (χ1) is 19.0. The maximum atomic E-state index is 12.8. The molecule has 5 fully saturated rings. The summed E-state index contributed by atoms with van der Waals surface area (Å²) < 4.78 is 22.8. The van der Waals surface area contributed by atoms with E-state index < -0.39 is 6.48 Å². The van der Waals surface area contributed by atoms with Gasteiger partial charge in [-0.2, -0.15) is 0 Å². The Balaban J connectivity index is 1.26. The van der Waals surface area contributed by atoms with Gasteiger partial charge in [0.05, 0.1) is 19.8 Å². The molecule has 6 heteroatoms. The van der Waals surface area contributed by atoms with Crippen LogP contribution >= 0.6 is 0 Å². The van der Waals surface area contributed by atoms with Gasteiger partial charge in [-0.15, -0.1) is 0 Å². The number of methoxy groups -OCH3 is 1. The molecule has 7 rings (SSSR count). The van der Waals surface area contributed by atoms with Crippen LogP contribution in [0.25, 0.3) is 0 Å². The van der Waals surface area contributed by atoms with Crippen molar-refractivity contribution in [3.05, 3.63) is 64.7 Å². The Morgan fingerprint density at radius 2 is 1.59 bits per heavy atom. The van der Waals surface area contributed by atoms with E-state index in [0.717, 1.165) is 34.6 Å². The summed E-state index contributed by atoms with van der Waals surface area (Å²) in [5.41, 5.74) is 3.97. The van der Waals surface area contributed by atoms with Crippen molar-refractivity contribution in [1.82, 2.24) is 4.90 Å². The van der Waals surface area contributed by atoms with E-state index in [1.807, 2.05) is 48.2 Å². The number of morpholine rings is 1. The highest BCUT2D eigenvalue weighted by Crippen LogP contribution is 2.62. The number of hydrogen-bond donors (Lipinski definition) is 0. The summed E-state index contributed by atoms with van der Waals surface area (Å²) in [4.78, 5) is 14.6. The van der Waals surface area contributed by atoms with Gasteiger partial charge in [0.25, 0.3) is 5.91 Å². The standard InChI is InChI=1S/C33H39NO5/c1-3-38-32(36-2)39-30-11-8-24(19-29(30)33-20-25-16-26(21-33)18-27(17-25)22-33)5-4-23-6-9-28(10-7-23)31(35)34-12-14-37-15-13-34/h6-11,19,25-27,32H,3,12-18,20-22H2,1-2H3. The SMILES string of the molecule is CCOC(OC)Oc1ccc(C#Cc2ccc(C(=O)N3CCOCC3)cc2)cc1C12CC3CC(CC(C3)C1)C2. The van der Waals surface area contributed by atoms with Gasteiger partial charge in [-0.1, -0.05) is 11.8 Å². The second kappa shape index (κ2) is 11.3. The molecule has 5 aliphatic rings. The van der Waals surface area contributed by atoms with E-state index in [1.54, 1.807) is 7.11 Å². The number of hydrogen-bond acceptors (Lipinski definition) is 5. The van der Waals surface area contributed by atoms with Crippen molar-refractivity contribution < 1.29 is 23.7 Å². The lowest BCUT2D eigenvalue weighted by Crippen LogP contribution is -2.48. The van der Waals surface area contributed by atoms with Crippen molar-refractivity contribution in [3.8, 4) is 17.6 Å². The summed E-state index contributed by atoms with van der Waals surface area (Å²) in [6.45, 7) is 4.22. The predicted octanol–water partition coefficient (Wildman–Crippen LogP) is 5.37. The van der Waals surface area contributed by atoms with E-state index in [2.05, 4.69) is 17.9 Å². The third-order valence-corrected chi connectivity index (χ3v) is 9.09. The van der Waals surface area contributed by atoms with Crippen molar-refractivity contribution in [2.45, 2.75) is 57.3 Å². The molecular formula is C33H39NO5. The first kappa shape index (κ1) is 26.4. The maximum Gasteiger partial charge on any atom is 0.315 e. The van der Waals surface area contributed by atoms with Gasteiger partial charge in [0.2, 0.25) is 0 Å². The van der Waals surface area contributed by atoms with E-state index in [1.165, 1.54) is 44.1 Å². The minimum Gasteiger partial charge on any atom is -0.441 e. The van der Waals surface area contributed by atoms with Gasteiger partial charge < -0.3 is 23.8 Å². The monoisotopic (exact) mass is 529 g/mol. The van der Waals surface area contributed by atoms with E-state index in [0.29, 0.717) is 38.5 Å². The first-order valence-electron chi connectivity index (χ1n) is 14.5. The van der Waals surface area contributed by atoms with Crippen LogP contribution in [0.5, 0.6) is 5.75 Å². The molecule has 6 nitrogen and oxygen atoms in total. The Kier molecular flexibility index (Phi) is 7.66. The number of benzene rings is 2. The van der Waals surface area contributed by atoms with Crippen LogP contribution in [-0.4, -0.2) is 57.3 Å². The average Bonchev–Trinajstić information content (AvgIpc) is 2.96. The Hall–Kier alpha value is -2.85. The quantitative estimate of drug-likeness (QED) is 0.357.